The third-order valence-electron chi connectivity index (χ3n) is 5.48. The molecule has 1 aliphatic rings. The van der Waals surface area contributed by atoms with Gasteiger partial charge < -0.3 is 14.2 Å². The van der Waals surface area contributed by atoms with Gasteiger partial charge in [0.15, 0.2) is 0 Å². The van der Waals surface area contributed by atoms with Crippen LogP contribution in [0.15, 0.2) is 48.5 Å². The summed E-state index contributed by atoms with van der Waals surface area (Å²) in [6.07, 6.45) is 8.63. The average Bonchev–Trinajstić information content (AvgIpc) is 2.92. The average molecular weight is 389 g/mol. The fourth-order valence-electron chi connectivity index (χ4n) is 3.83. The van der Waals surface area contributed by atoms with Crippen molar-refractivity contribution in [2.24, 2.45) is 0 Å². The van der Waals surface area contributed by atoms with Crippen LogP contribution in [0.2, 0.25) is 0 Å². The number of hydrogen-bond donors (Lipinski definition) is 0. The number of nitrogens with zero attached hydrogens (tertiary/aromatic N) is 3. The minimum Gasteiger partial charge on any atom is -0.497 e. The highest BCUT2D eigenvalue weighted by Crippen LogP contribution is 2.20. The van der Waals surface area contributed by atoms with Crippen molar-refractivity contribution in [2.75, 3.05) is 20.2 Å². The molecule has 0 bridgehead atoms. The predicted molar refractivity (Wildman–Crippen MR) is 117 cm³/mol. The smallest absolute Gasteiger partial charge is 0.242 e. The van der Waals surface area contributed by atoms with Crippen molar-refractivity contribution in [1.29, 1.82) is 0 Å². The number of carbonyl (C=O) groups excluding carboxylic acids is 1. The van der Waals surface area contributed by atoms with E-state index < -0.39 is 0 Å². The summed E-state index contributed by atoms with van der Waals surface area (Å²) < 4.78 is 7.25. The largest absolute Gasteiger partial charge is 0.497 e. The van der Waals surface area contributed by atoms with Gasteiger partial charge in [-0.1, -0.05) is 43.2 Å². The van der Waals surface area contributed by atoms with Crippen LogP contribution in [0.4, 0.5) is 0 Å². The van der Waals surface area contributed by atoms with E-state index in [1.807, 2.05) is 70.1 Å². The van der Waals surface area contributed by atoms with Crippen LogP contribution >= 0.6 is 0 Å². The van der Waals surface area contributed by atoms with Crippen LogP contribution in [-0.4, -0.2) is 40.6 Å². The van der Waals surface area contributed by atoms with Crippen molar-refractivity contribution in [3.63, 3.8) is 0 Å². The lowest BCUT2D eigenvalue weighted by Gasteiger charge is -2.21. The summed E-state index contributed by atoms with van der Waals surface area (Å²) in [7, 11) is 1.66. The molecule has 5 heteroatoms. The Kier molecular flexibility index (Phi) is 5.94. The van der Waals surface area contributed by atoms with Crippen molar-refractivity contribution < 1.29 is 9.53 Å². The normalized spacial score (nSPS) is 15.0. The van der Waals surface area contributed by atoms with E-state index in [9.17, 15) is 4.79 Å². The van der Waals surface area contributed by atoms with Crippen LogP contribution in [0.5, 0.6) is 5.75 Å². The molecule has 0 spiro atoms. The van der Waals surface area contributed by atoms with Gasteiger partial charge in [0.25, 0.3) is 0 Å². The Morgan fingerprint density at radius 3 is 2.45 bits per heavy atom. The van der Waals surface area contributed by atoms with E-state index >= 15 is 0 Å². The number of para-hydroxylation sites is 2. The Balaban J connectivity index is 1.61. The van der Waals surface area contributed by atoms with Gasteiger partial charge in [0, 0.05) is 13.1 Å². The molecule has 1 amide bonds. The maximum absolute atomic E-state index is 13.0. The number of likely N-dealkylation sites (tertiary alicyclic amines) is 1. The maximum Gasteiger partial charge on any atom is 0.242 e. The van der Waals surface area contributed by atoms with E-state index in [4.69, 9.17) is 9.72 Å². The summed E-state index contributed by atoms with van der Waals surface area (Å²) in [5, 5.41) is 0. The molecule has 150 valence electrons. The Labute approximate surface area is 171 Å². The van der Waals surface area contributed by atoms with Gasteiger partial charge in [0.1, 0.15) is 18.1 Å². The molecule has 2 aromatic carbocycles. The van der Waals surface area contributed by atoms with Gasteiger partial charge in [-0.05, 0) is 48.7 Å². The number of amides is 1. The molecule has 1 aliphatic heterocycles. The summed E-state index contributed by atoms with van der Waals surface area (Å²) >= 11 is 0. The molecule has 5 nitrogen and oxygen atoms in total. The molecule has 29 heavy (non-hydrogen) atoms. The van der Waals surface area contributed by atoms with Gasteiger partial charge >= 0.3 is 0 Å². The SMILES string of the molecule is COc1ccc(/C=C/c2nc3ccccc3n2CC(=O)N2CCCCCC2)cc1. The lowest BCUT2D eigenvalue weighted by Crippen LogP contribution is -2.34. The molecule has 1 fully saturated rings. The van der Waals surface area contributed by atoms with Crippen molar-refractivity contribution in [3.05, 3.63) is 59.9 Å². The van der Waals surface area contributed by atoms with Crippen LogP contribution in [0.25, 0.3) is 23.2 Å². The van der Waals surface area contributed by atoms with Crippen molar-refractivity contribution in [1.82, 2.24) is 14.5 Å². The lowest BCUT2D eigenvalue weighted by molar-refractivity contribution is -0.131. The van der Waals surface area contributed by atoms with Crippen molar-refractivity contribution >= 4 is 29.1 Å². The molecule has 0 aliphatic carbocycles. The van der Waals surface area contributed by atoms with E-state index in [0.717, 1.165) is 54.1 Å². The van der Waals surface area contributed by atoms with Gasteiger partial charge in [-0.25, -0.2) is 4.98 Å². The van der Waals surface area contributed by atoms with E-state index in [0.29, 0.717) is 6.54 Å². The van der Waals surface area contributed by atoms with E-state index in [1.54, 1.807) is 7.11 Å². The molecule has 0 unspecified atom stereocenters. The van der Waals surface area contributed by atoms with Crippen LogP contribution in [0.3, 0.4) is 0 Å². The topological polar surface area (TPSA) is 47.4 Å². The summed E-state index contributed by atoms with van der Waals surface area (Å²) in [6.45, 7) is 2.05. The van der Waals surface area contributed by atoms with E-state index in [2.05, 4.69) is 0 Å². The van der Waals surface area contributed by atoms with Crippen molar-refractivity contribution in [3.8, 4) is 5.75 Å². The molecule has 4 rings (SSSR count). The number of methoxy groups -OCH3 is 1. The minimum atomic E-state index is 0.175. The minimum absolute atomic E-state index is 0.175. The lowest BCUT2D eigenvalue weighted by atomic mass is 10.2. The van der Waals surface area contributed by atoms with Gasteiger partial charge in [0.05, 0.1) is 18.1 Å². The second-order valence-electron chi connectivity index (χ2n) is 7.45. The zero-order valence-corrected chi connectivity index (χ0v) is 16.9. The molecule has 3 aromatic rings. The number of aromatic nitrogens is 2. The summed E-state index contributed by atoms with van der Waals surface area (Å²) in [5.41, 5.74) is 2.96. The molecule has 2 heterocycles. The Bertz CT molecular complexity index is 997. The maximum atomic E-state index is 13.0. The number of carbonyl (C=O) groups is 1. The van der Waals surface area contributed by atoms with Gasteiger partial charge in [-0.3, -0.25) is 4.79 Å². The fraction of sp³-hybridized carbons (Fsp3) is 0.333. The molecule has 0 saturated carbocycles. The highest BCUT2D eigenvalue weighted by molar-refractivity contribution is 5.83. The monoisotopic (exact) mass is 389 g/mol. The third kappa shape index (κ3) is 4.50. The first-order valence-corrected chi connectivity index (χ1v) is 10.3. The number of rotatable bonds is 5. The van der Waals surface area contributed by atoms with Gasteiger partial charge in [-0.2, -0.15) is 0 Å². The summed E-state index contributed by atoms with van der Waals surface area (Å²) in [6, 6.07) is 15.9. The molecular formula is C24H27N3O2. The second kappa shape index (κ2) is 8.95. The number of ether oxygens (including phenoxy) is 1. The zero-order chi connectivity index (χ0) is 20.1. The number of hydrogen-bond acceptors (Lipinski definition) is 3. The fourth-order valence-corrected chi connectivity index (χ4v) is 3.83. The predicted octanol–water partition coefficient (Wildman–Crippen LogP) is 4.62. The van der Waals surface area contributed by atoms with E-state index in [-0.39, 0.29) is 5.91 Å². The van der Waals surface area contributed by atoms with Gasteiger partial charge in [0.2, 0.25) is 5.91 Å². The Morgan fingerprint density at radius 1 is 1.00 bits per heavy atom. The number of fused-ring (bicyclic) bond motifs is 1. The number of imidazole rings is 1. The molecule has 0 radical (unpaired) electrons. The van der Waals surface area contributed by atoms with E-state index in [1.165, 1.54) is 12.8 Å². The van der Waals surface area contributed by atoms with Crippen molar-refractivity contribution in [2.45, 2.75) is 32.2 Å². The standard InChI is InChI=1S/C24H27N3O2/c1-29-20-13-10-19(11-14-20)12-15-23-25-21-8-4-5-9-22(21)27(23)18-24(28)26-16-6-2-3-7-17-26/h4-5,8-15H,2-3,6-7,16-18H2,1H3/b15-12+. The van der Waals surface area contributed by atoms with Crippen LogP contribution in [0, 0.1) is 0 Å². The highest BCUT2D eigenvalue weighted by atomic mass is 16.5. The zero-order valence-electron chi connectivity index (χ0n) is 16.9. The quantitative estimate of drug-likeness (QED) is 0.640. The summed E-state index contributed by atoms with van der Waals surface area (Å²) in [4.78, 5) is 19.8. The van der Waals surface area contributed by atoms with Crippen LogP contribution < -0.4 is 4.74 Å². The van der Waals surface area contributed by atoms with Crippen LogP contribution in [0.1, 0.15) is 37.1 Å². The molecular weight excluding hydrogens is 362 g/mol. The molecule has 1 aromatic heterocycles. The summed E-state index contributed by atoms with van der Waals surface area (Å²) in [5.74, 6) is 1.80. The van der Waals surface area contributed by atoms with Crippen LogP contribution in [-0.2, 0) is 11.3 Å². The molecule has 0 N–H and O–H groups in total. The third-order valence-corrected chi connectivity index (χ3v) is 5.48. The first-order chi connectivity index (χ1) is 14.2. The number of benzene rings is 2. The highest BCUT2D eigenvalue weighted by Gasteiger charge is 2.18. The Morgan fingerprint density at radius 2 is 1.72 bits per heavy atom. The Hall–Kier alpha value is -3.08. The van der Waals surface area contributed by atoms with Gasteiger partial charge in [-0.15, -0.1) is 0 Å². The first kappa shape index (κ1) is 19.2. The second-order valence-corrected chi connectivity index (χ2v) is 7.45. The molecule has 0 atom stereocenters. The first-order valence-electron chi connectivity index (χ1n) is 10.3. The molecule has 1 saturated heterocycles.